The molecule has 1 N–H and O–H groups in total. The number of rotatable bonds is 2. The Labute approximate surface area is 197 Å². The number of hydrogen-bond acceptors (Lipinski definition) is 4. The van der Waals surface area contributed by atoms with Gasteiger partial charge in [-0.3, -0.25) is 14.8 Å². The Kier molecular flexibility index (Phi) is 5.66. The highest BCUT2D eigenvalue weighted by atomic mass is 35.5. The van der Waals surface area contributed by atoms with E-state index in [2.05, 4.69) is 17.1 Å². The summed E-state index contributed by atoms with van der Waals surface area (Å²) in [5.41, 5.74) is 4.62. The van der Waals surface area contributed by atoms with E-state index in [4.69, 9.17) is 16.6 Å². The molecule has 1 saturated heterocycles. The third kappa shape index (κ3) is 4.02. The van der Waals surface area contributed by atoms with Crippen LogP contribution in [0.2, 0.25) is 5.02 Å². The molecule has 7 nitrogen and oxygen atoms in total. The average molecular weight is 465 g/mol. The van der Waals surface area contributed by atoms with Crippen LogP contribution in [0.4, 0.5) is 4.79 Å². The molecule has 2 aromatic heterocycles. The highest BCUT2D eigenvalue weighted by Gasteiger charge is 2.31. The number of benzene rings is 1. The number of aromatic nitrogens is 2. The number of hydrogen-bond donors (Lipinski definition) is 1. The first-order valence-electron chi connectivity index (χ1n) is 11.2. The molecule has 8 heteroatoms. The molecule has 3 heterocycles. The van der Waals surface area contributed by atoms with E-state index in [9.17, 15) is 14.7 Å². The Balaban J connectivity index is 1.44. The smallest absolute Gasteiger partial charge is 0.407 e. The molecule has 2 atom stereocenters. The third-order valence-electron chi connectivity index (χ3n) is 6.87. The topological polar surface area (TPSA) is 86.6 Å². The predicted octanol–water partition coefficient (Wildman–Crippen LogP) is 4.38. The van der Waals surface area contributed by atoms with E-state index >= 15 is 0 Å². The van der Waals surface area contributed by atoms with Gasteiger partial charge in [0.15, 0.2) is 0 Å². The van der Waals surface area contributed by atoms with Crippen molar-refractivity contribution in [1.29, 1.82) is 0 Å². The maximum atomic E-state index is 13.2. The molecule has 1 aromatic carbocycles. The molecule has 1 unspecified atom stereocenters. The summed E-state index contributed by atoms with van der Waals surface area (Å²) in [4.78, 5) is 36.6. The van der Waals surface area contributed by atoms with Crippen LogP contribution in [0.1, 0.15) is 46.4 Å². The average Bonchev–Trinajstić information content (AvgIpc) is 2.83. The van der Waals surface area contributed by atoms with E-state index in [1.54, 1.807) is 11.0 Å². The number of halogens is 1. The van der Waals surface area contributed by atoms with Crippen molar-refractivity contribution >= 4 is 34.5 Å². The quantitative estimate of drug-likeness (QED) is 0.608. The largest absolute Gasteiger partial charge is 0.465 e. The third-order valence-corrected chi connectivity index (χ3v) is 7.30. The zero-order valence-corrected chi connectivity index (χ0v) is 19.1. The second-order valence-electron chi connectivity index (χ2n) is 8.88. The van der Waals surface area contributed by atoms with Crippen LogP contribution in [0.3, 0.4) is 0 Å². The zero-order chi connectivity index (χ0) is 23.1. The molecule has 0 bridgehead atoms. The van der Waals surface area contributed by atoms with Gasteiger partial charge in [-0.25, -0.2) is 4.79 Å². The van der Waals surface area contributed by atoms with E-state index in [0.29, 0.717) is 31.1 Å². The Morgan fingerprint density at radius 2 is 1.94 bits per heavy atom. The minimum atomic E-state index is -0.951. The van der Waals surface area contributed by atoms with Crippen molar-refractivity contribution in [2.75, 3.05) is 19.6 Å². The molecule has 3 aromatic rings. The van der Waals surface area contributed by atoms with Gasteiger partial charge in [-0.2, -0.15) is 0 Å². The van der Waals surface area contributed by atoms with Crippen molar-refractivity contribution in [2.24, 2.45) is 0 Å². The number of carbonyl (C=O) groups is 2. The monoisotopic (exact) mass is 464 g/mol. The normalized spacial score (nSPS) is 20.5. The Morgan fingerprint density at radius 3 is 2.67 bits per heavy atom. The molecule has 1 aliphatic heterocycles. The summed E-state index contributed by atoms with van der Waals surface area (Å²) in [6.45, 7) is 2.87. The SMILES string of the molecule is C[C@@H]1CN(C(=O)O)CCN1C(=O)c1ccc2c(Cl)c3c(nc2c1)CC(c1ccncc1)CC3. The Morgan fingerprint density at radius 1 is 1.15 bits per heavy atom. The molecule has 0 spiro atoms. The first-order chi connectivity index (χ1) is 15.9. The standard InChI is InChI=1S/C25H25ClN4O3/c1-15-14-29(25(32)33)10-11-30(15)24(31)18-3-5-20-22(13-18)28-21-12-17(2-4-19(21)23(20)26)16-6-8-27-9-7-16/h3,5-9,13,15,17H,2,4,10-12,14H2,1H3,(H,32,33)/t15-,17?/m1/s1. The van der Waals surface area contributed by atoms with Crippen molar-refractivity contribution in [3.8, 4) is 0 Å². The van der Waals surface area contributed by atoms with Crippen LogP contribution in [0, 0.1) is 0 Å². The summed E-state index contributed by atoms with van der Waals surface area (Å²) >= 11 is 6.80. The van der Waals surface area contributed by atoms with Crippen molar-refractivity contribution in [2.45, 2.75) is 38.1 Å². The molecule has 2 aliphatic rings. The number of carbonyl (C=O) groups excluding carboxylic acids is 1. The number of piperazine rings is 1. The van der Waals surface area contributed by atoms with Crippen molar-refractivity contribution in [1.82, 2.24) is 19.8 Å². The van der Waals surface area contributed by atoms with Crippen molar-refractivity contribution < 1.29 is 14.7 Å². The summed E-state index contributed by atoms with van der Waals surface area (Å²) < 4.78 is 0. The zero-order valence-electron chi connectivity index (χ0n) is 18.4. The molecule has 0 saturated carbocycles. The van der Waals surface area contributed by atoms with Gasteiger partial charge in [0.1, 0.15) is 0 Å². The predicted molar refractivity (Wildman–Crippen MR) is 126 cm³/mol. The fourth-order valence-electron chi connectivity index (χ4n) is 5.04. The molecular formula is C25H25ClN4O3. The number of nitrogens with zero attached hydrogens (tertiary/aromatic N) is 4. The minimum Gasteiger partial charge on any atom is -0.465 e. The molecule has 5 rings (SSSR count). The van der Waals surface area contributed by atoms with Gasteiger partial charge in [0.05, 0.1) is 10.5 Å². The molecule has 1 aliphatic carbocycles. The molecule has 170 valence electrons. The number of carboxylic acid groups (broad SMARTS) is 1. The van der Waals surface area contributed by atoms with Gasteiger partial charge < -0.3 is 14.9 Å². The Bertz CT molecular complexity index is 1230. The summed E-state index contributed by atoms with van der Waals surface area (Å²) in [7, 11) is 0. The van der Waals surface area contributed by atoms with Crippen LogP contribution >= 0.6 is 11.6 Å². The summed E-state index contributed by atoms with van der Waals surface area (Å²) in [6, 6.07) is 9.41. The van der Waals surface area contributed by atoms with Crippen LogP contribution in [0.5, 0.6) is 0 Å². The van der Waals surface area contributed by atoms with Gasteiger partial charge in [-0.15, -0.1) is 0 Å². The summed E-state index contributed by atoms with van der Waals surface area (Å²) in [5.74, 6) is 0.262. The highest BCUT2D eigenvalue weighted by molar-refractivity contribution is 6.36. The first kappa shape index (κ1) is 21.6. The van der Waals surface area contributed by atoms with Crippen molar-refractivity contribution in [3.63, 3.8) is 0 Å². The highest BCUT2D eigenvalue weighted by Crippen LogP contribution is 2.38. The molecule has 0 radical (unpaired) electrons. The summed E-state index contributed by atoms with van der Waals surface area (Å²) in [6.07, 6.45) is 5.38. The van der Waals surface area contributed by atoms with Crippen LogP contribution < -0.4 is 0 Å². The number of fused-ring (bicyclic) bond motifs is 2. The van der Waals surface area contributed by atoms with Gasteiger partial charge in [0.2, 0.25) is 0 Å². The number of amides is 2. The first-order valence-corrected chi connectivity index (χ1v) is 11.6. The molecule has 2 amide bonds. The second-order valence-corrected chi connectivity index (χ2v) is 9.26. The second kappa shape index (κ2) is 8.63. The number of pyridine rings is 2. The van der Waals surface area contributed by atoms with Crippen LogP contribution in [0.15, 0.2) is 42.7 Å². The van der Waals surface area contributed by atoms with Crippen LogP contribution in [-0.2, 0) is 12.8 Å². The lowest BCUT2D eigenvalue weighted by atomic mass is 9.82. The van der Waals surface area contributed by atoms with Crippen LogP contribution in [0.25, 0.3) is 10.9 Å². The van der Waals surface area contributed by atoms with Gasteiger partial charge in [0.25, 0.3) is 5.91 Å². The molecule has 1 fully saturated rings. The van der Waals surface area contributed by atoms with Crippen molar-refractivity contribution in [3.05, 3.63) is 70.1 Å². The molecule has 33 heavy (non-hydrogen) atoms. The minimum absolute atomic E-state index is 0.111. The van der Waals surface area contributed by atoms with Gasteiger partial charge in [0, 0.05) is 54.7 Å². The maximum absolute atomic E-state index is 13.2. The van der Waals surface area contributed by atoms with Gasteiger partial charge in [-0.1, -0.05) is 17.7 Å². The molecular weight excluding hydrogens is 440 g/mol. The maximum Gasteiger partial charge on any atom is 0.407 e. The van der Waals surface area contributed by atoms with Crippen LogP contribution in [-0.4, -0.2) is 62.6 Å². The van der Waals surface area contributed by atoms with Gasteiger partial charge >= 0.3 is 6.09 Å². The van der Waals surface area contributed by atoms with Gasteiger partial charge in [-0.05, 0) is 67.5 Å². The fourth-order valence-corrected chi connectivity index (χ4v) is 5.40. The lowest BCUT2D eigenvalue weighted by molar-refractivity contribution is 0.0484. The van der Waals surface area contributed by atoms with E-state index < -0.39 is 6.09 Å². The van der Waals surface area contributed by atoms with E-state index in [0.717, 1.165) is 46.4 Å². The lowest BCUT2D eigenvalue weighted by Crippen LogP contribution is -2.55. The van der Waals surface area contributed by atoms with E-state index in [1.807, 2.05) is 31.5 Å². The Hall–Kier alpha value is -3.19. The fraction of sp³-hybridized carbons (Fsp3) is 0.360. The van der Waals surface area contributed by atoms with E-state index in [1.165, 1.54) is 10.5 Å². The lowest BCUT2D eigenvalue weighted by Gasteiger charge is -2.38. The van der Waals surface area contributed by atoms with E-state index in [-0.39, 0.29) is 11.9 Å². The summed E-state index contributed by atoms with van der Waals surface area (Å²) in [5, 5.41) is 10.8.